The van der Waals surface area contributed by atoms with Crippen molar-refractivity contribution < 1.29 is 24.5 Å². The predicted molar refractivity (Wildman–Crippen MR) is 75.0 cm³/mol. The molecule has 2 aliphatic heterocycles. The van der Waals surface area contributed by atoms with Crippen molar-refractivity contribution in [3.05, 3.63) is 0 Å². The van der Waals surface area contributed by atoms with Crippen molar-refractivity contribution in [1.29, 1.82) is 0 Å². The number of piperidine rings is 2. The van der Waals surface area contributed by atoms with E-state index in [1.807, 2.05) is 0 Å². The molecular formula is C14H24N2O5. The van der Waals surface area contributed by atoms with E-state index in [-0.39, 0.29) is 18.7 Å². The first kappa shape index (κ1) is 16.0. The minimum absolute atomic E-state index is 0.0355. The Bertz CT molecular complexity index is 391. The largest absolute Gasteiger partial charge is 0.480 e. The highest BCUT2D eigenvalue weighted by molar-refractivity contribution is 5.74. The topological polar surface area (TPSA) is 90.3 Å². The van der Waals surface area contributed by atoms with Crippen LogP contribution in [-0.4, -0.2) is 76.5 Å². The first-order chi connectivity index (χ1) is 9.87. The molecule has 0 aromatic rings. The first-order valence-electron chi connectivity index (χ1n) is 7.47. The summed E-state index contributed by atoms with van der Waals surface area (Å²) in [6, 6.07) is -0.0355. The van der Waals surface area contributed by atoms with Crippen molar-refractivity contribution in [2.45, 2.75) is 44.3 Å². The molecule has 7 nitrogen and oxygen atoms in total. The number of ether oxygens (including phenoxy) is 1. The molecule has 2 heterocycles. The van der Waals surface area contributed by atoms with Crippen LogP contribution in [0.15, 0.2) is 0 Å². The molecule has 0 spiro atoms. The lowest BCUT2D eigenvalue weighted by Crippen LogP contribution is -2.54. The highest BCUT2D eigenvalue weighted by Gasteiger charge is 2.34. The number of likely N-dealkylation sites (tertiary alicyclic amines) is 2. The monoisotopic (exact) mass is 300 g/mol. The van der Waals surface area contributed by atoms with E-state index in [4.69, 9.17) is 9.84 Å². The van der Waals surface area contributed by atoms with Crippen LogP contribution in [0.2, 0.25) is 0 Å². The van der Waals surface area contributed by atoms with E-state index in [0.29, 0.717) is 39.0 Å². The van der Waals surface area contributed by atoms with E-state index in [0.717, 1.165) is 12.8 Å². The van der Waals surface area contributed by atoms with Gasteiger partial charge in [-0.3, -0.25) is 0 Å². The van der Waals surface area contributed by atoms with Gasteiger partial charge in [-0.1, -0.05) is 0 Å². The molecule has 0 aliphatic carbocycles. The average molecular weight is 300 g/mol. The third-order valence-electron chi connectivity index (χ3n) is 4.10. The fourth-order valence-corrected chi connectivity index (χ4v) is 2.99. The van der Waals surface area contributed by atoms with E-state index < -0.39 is 11.6 Å². The van der Waals surface area contributed by atoms with Crippen LogP contribution in [0.25, 0.3) is 0 Å². The molecule has 0 aromatic heterocycles. The van der Waals surface area contributed by atoms with Gasteiger partial charge >= 0.3 is 12.0 Å². The van der Waals surface area contributed by atoms with Gasteiger partial charge in [-0.05, 0) is 32.6 Å². The highest BCUT2D eigenvalue weighted by atomic mass is 16.5. The number of aliphatic hydroxyl groups is 1. The van der Waals surface area contributed by atoms with Crippen molar-refractivity contribution in [3.63, 3.8) is 0 Å². The molecule has 1 unspecified atom stereocenters. The Hall–Kier alpha value is -1.34. The third kappa shape index (κ3) is 4.57. The molecule has 2 rings (SSSR count). The Morgan fingerprint density at radius 3 is 2.48 bits per heavy atom. The average Bonchev–Trinajstić information content (AvgIpc) is 2.44. The number of carbonyl (C=O) groups is 2. The number of amides is 2. The lowest BCUT2D eigenvalue weighted by Gasteiger charge is -2.41. The summed E-state index contributed by atoms with van der Waals surface area (Å²) in [5.74, 6) is -0.968. The normalized spacial score (nSPS) is 27.7. The van der Waals surface area contributed by atoms with Crippen molar-refractivity contribution in [2.24, 2.45) is 0 Å². The molecule has 2 aliphatic rings. The number of hydrogen-bond donors (Lipinski definition) is 2. The van der Waals surface area contributed by atoms with Crippen molar-refractivity contribution in [3.8, 4) is 0 Å². The van der Waals surface area contributed by atoms with Gasteiger partial charge in [0.1, 0.15) is 6.61 Å². The van der Waals surface area contributed by atoms with Crippen LogP contribution >= 0.6 is 0 Å². The summed E-state index contributed by atoms with van der Waals surface area (Å²) >= 11 is 0. The summed E-state index contributed by atoms with van der Waals surface area (Å²) < 4.78 is 5.26. The molecule has 0 saturated carbocycles. The van der Waals surface area contributed by atoms with E-state index >= 15 is 0 Å². The third-order valence-corrected chi connectivity index (χ3v) is 4.10. The second-order valence-electron chi connectivity index (χ2n) is 6.20. The number of aliphatic carboxylic acids is 1. The lowest BCUT2D eigenvalue weighted by atomic mass is 9.95. The van der Waals surface area contributed by atoms with Crippen molar-refractivity contribution in [1.82, 2.24) is 9.80 Å². The number of nitrogens with zero attached hydrogens (tertiary/aromatic N) is 2. The summed E-state index contributed by atoms with van der Waals surface area (Å²) in [5, 5.41) is 18.7. The second-order valence-corrected chi connectivity index (χ2v) is 6.20. The first-order valence-corrected chi connectivity index (χ1v) is 7.47. The minimum Gasteiger partial charge on any atom is -0.480 e. The SMILES string of the molecule is CC1(O)CCCN(C(=O)N2CCC(OCC(=O)O)CC2)C1. The van der Waals surface area contributed by atoms with Gasteiger partial charge in [-0.2, -0.15) is 0 Å². The van der Waals surface area contributed by atoms with Crippen LogP contribution < -0.4 is 0 Å². The van der Waals surface area contributed by atoms with Gasteiger partial charge in [0.2, 0.25) is 0 Å². The molecule has 2 fully saturated rings. The minimum atomic E-state index is -0.968. The predicted octanol–water partition coefficient (Wildman–Crippen LogP) is 0.519. The van der Waals surface area contributed by atoms with E-state index in [2.05, 4.69) is 0 Å². The van der Waals surface area contributed by atoms with Crippen LogP contribution in [-0.2, 0) is 9.53 Å². The van der Waals surface area contributed by atoms with Crippen LogP contribution in [0.4, 0.5) is 4.79 Å². The number of rotatable bonds is 3. The standard InChI is InChI=1S/C14H24N2O5/c1-14(20)5-2-6-16(10-14)13(19)15-7-3-11(4-8-15)21-9-12(17)18/h11,20H,2-10H2,1H3,(H,17,18). The van der Waals surface area contributed by atoms with E-state index in [1.165, 1.54) is 0 Å². The van der Waals surface area contributed by atoms with Crippen LogP contribution in [0, 0.1) is 0 Å². The molecule has 2 N–H and O–H groups in total. The zero-order valence-electron chi connectivity index (χ0n) is 12.5. The number of β-amino-alcohol motifs (C(OH)–C–C–N with tert-alkyl or cyclic N) is 1. The quantitative estimate of drug-likeness (QED) is 0.793. The molecule has 120 valence electrons. The number of urea groups is 1. The molecule has 21 heavy (non-hydrogen) atoms. The Balaban J connectivity index is 1.79. The molecule has 2 saturated heterocycles. The lowest BCUT2D eigenvalue weighted by molar-refractivity contribution is -0.145. The van der Waals surface area contributed by atoms with Gasteiger partial charge in [-0.15, -0.1) is 0 Å². The van der Waals surface area contributed by atoms with Gasteiger partial charge in [0.25, 0.3) is 0 Å². The molecule has 0 aromatic carbocycles. The zero-order chi connectivity index (χ0) is 15.5. The maximum absolute atomic E-state index is 12.4. The molecule has 7 heteroatoms. The fraction of sp³-hybridized carbons (Fsp3) is 0.857. The van der Waals surface area contributed by atoms with Crippen LogP contribution in [0.5, 0.6) is 0 Å². The van der Waals surface area contributed by atoms with Crippen LogP contribution in [0.3, 0.4) is 0 Å². The number of carbonyl (C=O) groups excluding carboxylic acids is 1. The Morgan fingerprint density at radius 2 is 1.90 bits per heavy atom. The molecule has 1 atom stereocenters. The van der Waals surface area contributed by atoms with E-state index in [1.54, 1.807) is 16.7 Å². The fourth-order valence-electron chi connectivity index (χ4n) is 2.99. The Morgan fingerprint density at radius 1 is 1.24 bits per heavy atom. The van der Waals surface area contributed by atoms with Crippen molar-refractivity contribution >= 4 is 12.0 Å². The van der Waals surface area contributed by atoms with Gasteiger partial charge in [0.15, 0.2) is 0 Å². The van der Waals surface area contributed by atoms with Gasteiger partial charge in [0.05, 0.1) is 18.2 Å². The van der Waals surface area contributed by atoms with E-state index in [9.17, 15) is 14.7 Å². The Kier molecular flexibility index (Phi) is 5.05. The summed E-state index contributed by atoms with van der Waals surface area (Å²) in [6.07, 6.45) is 2.76. The highest BCUT2D eigenvalue weighted by Crippen LogP contribution is 2.22. The molecule has 0 bridgehead atoms. The zero-order valence-corrected chi connectivity index (χ0v) is 12.5. The summed E-state index contributed by atoms with van der Waals surface area (Å²) in [5.41, 5.74) is -0.795. The maximum atomic E-state index is 12.4. The number of carboxylic acids is 1. The Labute approximate surface area is 124 Å². The molecule has 2 amide bonds. The smallest absolute Gasteiger partial charge is 0.329 e. The molecular weight excluding hydrogens is 276 g/mol. The molecule has 0 radical (unpaired) electrons. The summed E-state index contributed by atoms with van der Waals surface area (Å²) in [4.78, 5) is 26.4. The maximum Gasteiger partial charge on any atom is 0.329 e. The summed E-state index contributed by atoms with van der Waals surface area (Å²) in [6.45, 7) is 3.68. The number of hydrogen-bond acceptors (Lipinski definition) is 4. The van der Waals surface area contributed by atoms with Crippen molar-refractivity contribution in [2.75, 3.05) is 32.8 Å². The van der Waals surface area contributed by atoms with Gasteiger partial charge < -0.3 is 24.7 Å². The second kappa shape index (κ2) is 6.62. The van der Waals surface area contributed by atoms with Crippen LogP contribution in [0.1, 0.15) is 32.6 Å². The number of carboxylic acid groups (broad SMARTS) is 1. The summed E-state index contributed by atoms with van der Waals surface area (Å²) in [7, 11) is 0. The van der Waals surface area contributed by atoms with Gasteiger partial charge in [0, 0.05) is 19.6 Å². The van der Waals surface area contributed by atoms with Gasteiger partial charge in [-0.25, -0.2) is 9.59 Å².